The van der Waals surface area contributed by atoms with Gasteiger partial charge in [0.25, 0.3) is 0 Å². The van der Waals surface area contributed by atoms with Crippen molar-refractivity contribution in [1.82, 2.24) is 10.6 Å². The number of carbonyl (C=O) groups is 1. The number of hydrogen-bond acceptors (Lipinski definition) is 3. The average molecular weight is 409 g/mol. The Morgan fingerprint density at radius 1 is 1.13 bits per heavy atom. The molecule has 0 radical (unpaired) electrons. The Kier molecular flexibility index (Phi) is 6.98. The van der Waals surface area contributed by atoms with Crippen LogP contribution >= 0.6 is 0 Å². The molecule has 0 aromatic heterocycles. The van der Waals surface area contributed by atoms with Gasteiger partial charge in [0, 0.05) is 31.6 Å². The molecule has 1 aliphatic rings. The Hall–Kier alpha value is -3.02. The van der Waals surface area contributed by atoms with Crippen LogP contribution in [0.15, 0.2) is 53.5 Å². The zero-order valence-electron chi connectivity index (χ0n) is 18.3. The summed E-state index contributed by atoms with van der Waals surface area (Å²) in [6.45, 7) is 8.34. The van der Waals surface area contributed by atoms with E-state index >= 15 is 0 Å². The van der Waals surface area contributed by atoms with E-state index in [1.807, 2.05) is 36.4 Å². The van der Waals surface area contributed by atoms with Gasteiger partial charge in [-0.25, -0.2) is 0 Å². The Labute approximate surface area is 179 Å². The first-order valence-corrected chi connectivity index (χ1v) is 10.4. The lowest BCUT2D eigenvalue weighted by molar-refractivity contribution is -0.116. The van der Waals surface area contributed by atoms with Crippen molar-refractivity contribution in [1.29, 1.82) is 0 Å². The molecule has 160 valence electrons. The fraction of sp³-hybridized carbons (Fsp3) is 0.417. The third-order valence-corrected chi connectivity index (χ3v) is 5.19. The molecule has 1 heterocycles. The van der Waals surface area contributed by atoms with E-state index in [1.54, 1.807) is 7.05 Å². The average Bonchev–Trinajstić information content (AvgIpc) is 2.72. The van der Waals surface area contributed by atoms with Crippen molar-refractivity contribution >= 4 is 17.6 Å². The molecule has 2 aromatic rings. The molecule has 1 atom stereocenters. The molecular weight excluding hydrogens is 376 g/mol. The minimum Gasteiger partial charge on any atom is -0.491 e. The van der Waals surface area contributed by atoms with Gasteiger partial charge in [-0.15, -0.1) is 0 Å². The van der Waals surface area contributed by atoms with Crippen molar-refractivity contribution in [3.8, 4) is 5.75 Å². The number of rotatable bonds is 6. The lowest BCUT2D eigenvalue weighted by atomic mass is 9.86. The van der Waals surface area contributed by atoms with E-state index in [1.165, 1.54) is 5.56 Å². The number of carbonyl (C=O) groups excluding carboxylic acids is 1. The van der Waals surface area contributed by atoms with Crippen molar-refractivity contribution < 1.29 is 9.53 Å². The van der Waals surface area contributed by atoms with E-state index in [9.17, 15) is 4.79 Å². The SMILES string of the molecule is CN=C(NCCOc1ccccc1C(C)(C)C)NCC1CC(=O)Nc2ccccc21. The van der Waals surface area contributed by atoms with Crippen LogP contribution in [0.1, 0.15) is 44.2 Å². The number of nitrogens with one attached hydrogen (secondary N) is 3. The molecule has 6 heteroatoms. The second kappa shape index (κ2) is 9.65. The number of benzene rings is 2. The Bertz CT molecular complexity index is 902. The van der Waals surface area contributed by atoms with Crippen molar-refractivity contribution in [3.05, 3.63) is 59.7 Å². The Balaban J connectivity index is 1.49. The molecule has 0 aliphatic carbocycles. The predicted molar refractivity (Wildman–Crippen MR) is 122 cm³/mol. The fourth-order valence-corrected chi connectivity index (χ4v) is 3.67. The van der Waals surface area contributed by atoms with Crippen LogP contribution in [0.3, 0.4) is 0 Å². The molecule has 3 rings (SSSR count). The summed E-state index contributed by atoms with van der Waals surface area (Å²) in [5.41, 5.74) is 3.28. The maximum atomic E-state index is 12.0. The molecule has 1 amide bonds. The highest BCUT2D eigenvalue weighted by Crippen LogP contribution is 2.32. The van der Waals surface area contributed by atoms with Crippen LogP contribution in [-0.4, -0.2) is 38.6 Å². The lowest BCUT2D eigenvalue weighted by Gasteiger charge is -2.26. The zero-order chi connectivity index (χ0) is 21.6. The van der Waals surface area contributed by atoms with Crippen molar-refractivity contribution in [2.24, 2.45) is 4.99 Å². The number of ether oxygens (including phenoxy) is 1. The second-order valence-corrected chi connectivity index (χ2v) is 8.51. The number of amides is 1. The molecule has 0 saturated heterocycles. The minimum absolute atomic E-state index is 0.0319. The normalized spacial score (nSPS) is 16.5. The van der Waals surface area contributed by atoms with Gasteiger partial charge in [0.2, 0.25) is 5.91 Å². The number of aliphatic imine (C=N–C) groups is 1. The maximum absolute atomic E-state index is 12.0. The Morgan fingerprint density at radius 3 is 2.63 bits per heavy atom. The van der Waals surface area contributed by atoms with Crippen molar-refractivity contribution in [2.75, 3.05) is 32.1 Å². The number of fused-ring (bicyclic) bond motifs is 1. The summed E-state index contributed by atoms with van der Waals surface area (Å²) in [5, 5.41) is 9.56. The van der Waals surface area contributed by atoms with Crippen LogP contribution in [0, 0.1) is 0 Å². The third-order valence-electron chi connectivity index (χ3n) is 5.19. The van der Waals surface area contributed by atoms with Gasteiger partial charge in [-0.1, -0.05) is 57.2 Å². The molecular formula is C24H32N4O2. The molecule has 6 nitrogen and oxygen atoms in total. The van der Waals surface area contributed by atoms with Crippen molar-refractivity contribution in [3.63, 3.8) is 0 Å². The van der Waals surface area contributed by atoms with Gasteiger partial charge >= 0.3 is 0 Å². The first-order chi connectivity index (χ1) is 14.4. The first-order valence-electron chi connectivity index (χ1n) is 10.4. The highest BCUT2D eigenvalue weighted by molar-refractivity contribution is 5.94. The summed E-state index contributed by atoms with van der Waals surface area (Å²) in [6, 6.07) is 16.1. The van der Waals surface area contributed by atoms with Gasteiger partial charge in [-0.2, -0.15) is 0 Å². The van der Waals surface area contributed by atoms with Gasteiger partial charge in [0.15, 0.2) is 5.96 Å². The largest absolute Gasteiger partial charge is 0.491 e. The van der Waals surface area contributed by atoms with Crippen LogP contribution in [-0.2, 0) is 10.2 Å². The molecule has 0 spiro atoms. The van der Waals surface area contributed by atoms with Gasteiger partial charge in [-0.3, -0.25) is 9.79 Å². The summed E-state index contributed by atoms with van der Waals surface area (Å²) < 4.78 is 6.02. The molecule has 2 aromatic carbocycles. The molecule has 0 saturated carbocycles. The number of nitrogens with zero attached hydrogens (tertiary/aromatic N) is 1. The van der Waals surface area contributed by atoms with Crippen LogP contribution in [0.5, 0.6) is 5.75 Å². The zero-order valence-corrected chi connectivity index (χ0v) is 18.3. The summed E-state index contributed by atoms with van der Waals surface area (Å²) >= 11 is 0. The molecule has 0 bridgehead atoms. The second-order valence-electron chi connectivity index (χ2n) is 8.51. The van der Waals surface area contributed by atoms with E-state index in [2.05, 4.69) is 53.8 Å². The number of para-hydroxylation sites is 2. The van der Waals surface area contributed by atoms with Gasteiger partial charge < -0.3 is 20.7 Å². The van der Waals surface area contributed by atoms with Crippen LogP contribution in [0.2, 0.25) is 0 Å². The Morgan fingerprint density at radius 2 is 1.87 bits per heavy atom. The van der Waals surface area contributed by atoms with E-state index in [4.69, 9.17) is 4.74 Å². The van der Waals surface area contributed by atoms with Gasteiger partial charge in [-0.05, 0) is 28.7 Å². The van der Waals surface area contributed by atoms with Crippen molar-refractivity contribution in [2.45, 2.75) is 38.5 Å². The first kappa shape index (κ1) is 21.7. The van der Waals surface area contributed by atoms with E-state index in [0.29, 0.717) is 32.1 Å². The molecule has 1 unspecified atom stereocenters. The number of anilines is 1. The van der Waals surface area contributed by atoms with E-state index < -0.39 is 0 Å². The smallest absolute Gasteiger partial charge is 0.225 e. The molecule has 30 heavy (non-hydrogen) atoms. The molecule has 1 aliphatic heterocycles. The number of hydrogen-bond donors (Lipinski definition) is 3. The molecule has 3 N–H and O–H groups in total. The van der Waals surface area contributed by atoms with Gasteiger partial charge in [0.1, 0.15) is 12.4 Å². The van der Waals surface area contributed by atoms with Crippen LogP contribution < -0.4 is 20.7 Å². The monoisotopic (exact) mass is 408 g/mol. The highest BCUT2D eigenvalue weighted by atomic mass is 16.5. The van der Waals surface area contributed by atoms with E-state index in [0.717, 1.165) is 17.0 Å². The number of guanidine groups is 1. The quantitative estimate of drug-likeness (QED) is 0.387. The van der Waals surface area contributed by atoms with Crippen LogP contribution in [0.25, 0.3) is 0 Å². The standard InChI is InChI=1S/C24H32N4O2/c1-24(2,3)19-10-6-8-12-21(19)30-14-13-26-23(25-4)27-16-17-15-22(29)28-20-11-7-5-9-18(17)20/h5-12,17H,13-16H2,1-4H3,(H,28,29)(H2,25,26,27). The summed E-state index contributed by atoms with van der Waals surface area (Å²) in [7, 11) is 1.74. The summed E-state index contributed by atoms with van der Waals surface area (Å²) in [6.07, 6.45) is 0.466. The lowest BCUT2D eigenvalue weighted by Crippen LogP contribution is -2.42. The highest BCUT2D eigenvalue weighted by Gasteiger charge is 2.24. The minimum atomic E-state index is 0.0319. The summed E-state index contributed by atoms with van der Waals surface area (Å²) in [4.78, 5) is 16.3. The maximum Gasteiger partial charge on any atom is 0.225 e. The topological polar surface area (TPSA) is 74.8 Å². The third kappa shape index (κ3) is 5.53. The summed E-state index contributed by atoms with van der Waals surface area (Å²) in [5.74, 6) is 1.78. The fourth-order valence-electron chi connectivity index (χ4n) is 3.67. The van der Waals surface area contributed by atoms with Crippen LogP contribution in [0.4, 0.5) is 5.69 Å². The molecule has 0 fully saturated rings. The van der Waals surface area contributed by atoms with E-state index in [-0.39, 0.29) is 17.2 Å². The predicted octanol–water partition coefficient (Wildman–Crippen LogP) is 3.65. The van der Waals surface area contributed by atoms with Gasteiger partial charge in [0.05, 0.1) is 6.54 Å².